The molecule has 0 bridgehead atoms. The average Bonchev–Trinajstić information content (AvgIpc) is 2.93. The van der Waals surface area contributed by atoms with Crippen molar-refractivity contribution in [2.45, 2.75) is 31.3 Å². The Bertz CT molecular complexity index is 1470. The zero-order chi connectivity index (χ0) is 31.1. The zero-order valence-electron chi connectivity index (χ0n) is 23.0. The third kappa shape index (κ3) is 8.87. The van der Waals surface area contributed by atoms with Crippen molar-refractivity contribution in [1.82, 2.24) is 0 Å². The van der Waals surface area contributed by atoms with Gasteiger partial charge in [-0.1, -0.05) is 44.2 Å². The molecular formula is C29H32F3N3O6S. The maximum absolute atomic E-state index is 12.9. The summed E-state index contributed by atoms with van der Waals surface area (Å²) >= 11 is 0. The van der Waals surface area contributed by atoms with Gasteiger partial charge in [-0.05, 0) is 60.4 Å². The second-order valence-electron chi connectivity index (χ2n) is 10.00. The van der Waals surface area contributed by atoms with E-state index < -0.39 is 28.1 Å². The Morgan fingerprint density at radius 3 is 1.86 bits per heavy atom. The van der Waals surface area contributed by atoms with Crippen LogP contribution in [-0.4, -0.2) is 62.9 Å². The molecule has 3 N–H and O–H groups in total. The number of rotatable bonds is 8. The molecule has 0 amide bonds. The number of hydrogen-bond donors (Lipinski definition) is 3. The van der Waals surface area contributed by atoms with Crippen LogP contribution in [0.3, 0.4) is 0 Å². The highest BCUT2D eigenvalue weighted by Crippen LogP contribution is 2.28. The number of para-hydroxylation sites is 1. The molecule has 1 aliphatic heterocycles. The first kappa shape index (κ1) is 32.3. The summed E-state index contributed by atoms with van der Waals surface area (Å²) in [7, 11) is -3.92. The molecule has 0 radical (unpaired) electrons. The van der Waals surface area contributed by atoms with E-state index in [0.717, 1.165) is 43.9 Å². The number of nitrogens with one attached hydrogen (secondary N) is 1. The molecular weight excluding hydrogens is 575 g/mol. The standard InChI is InChI=1S/C27H31N3O4S.C2HF3O2/c1-20(2)18-21-8-11-24(12-9-21)35(33,34)28-26-13-10-23(19-25(26)27(31)32)30-16-14-29(15-17-30)22-6-4-3-5-7-22;3-2(4,5)1(6)7/h3-13,19-20,28H,14-18H2,1-2H3,(H,31,32);(H,6,7). The van der Waals surface area contributed by atoms with E-state index in [1.807, 2.05) is 18.2 Å². The quantitative estimate of drug-likeness (QED) is 0.313. The number of carboxylic acid groups (broad SMARTS) is 2. The number of anilines is 3. The highest BCUT2D eigenvalue weighted by molar-refractivity contribution is 7.92. The molecule has 226 valence electrons. The lowest BCUT2D eigenvalue weighted by atomic mass is 10.0. The van der Waals surface area contributed by atoms with Gasteiger partial charge in [-0.2, -0.15) is 13.2 Å². The highest BCUT2D eigenvalue weighted by atomic mass is 32.2. The molecule has 3 aromatic carbocycles. The Kier molecular flexibility index (Phi) is 10.4. The van der Waals surface area contributed by atoms with Crippen molar-refractivity contribution >= 4 is 39.0 Å². The highest BCUT2D eigenvalue weighted by Gasteiger charge is 2.38. The topological polar surface area (TPSA) is 127 Å². The number of hydrogen-bond acceptors (Lipinski definition) is 6. The van der Waals surface area contributed by atoms with Crippen molar-refractivity contribution in [2.24, 2.45) is 5.92 Å². The molecule has 1 heterocycles. The van der Waals surface area contributed by atoms with E-state index in [4.69, 9.17) is 9.90 Å². The number of carboxylic acids is 2. The van der Waals surface area contributed by atoms with E-state index in [1.54, 1.807) is 36.4 Å². The average molecular weight is 608 g/mol. The maximum atomic E-state index is 12.9. The number of carbonyl (C=O) groups is 2. The van der Waals surface area contributed by atoms with Gasteiger partial charge in [-0.15, -0.1) is 0 Å². The van der Waals surface area contributed by atoms with Crippen molar-refractivity contribution in [1.29, 1.82) is 0 Å². The molecule has 0 atom stereocenters. The van der Waals surface area contributed by atoms with E-state index in [2.05, 4.69) is 40.5 Å². The third-order valence-corrected chi connectivity index (χ3v) is 7.75. The van der Waals surface area contributed by atoms with Gasteiger partial charge in [0.05, 0.1) is 16.1 Å². The predicted octanol–water partition coefficient (Wildman–Crippen LogP) is 5.34. The number of alkyl halides is 3. The fourth-order valence-corrected chi connectivity index (χ4v) is 5.42. The smallest absolute Gasteiger partial charge is 0.478 e. The van der Waals surface area contributed by atoms with Crippen LogP contribution in [0.2, 0.25) is 0 Å². The maximum Gasteiger partial charge on any atom is 0.490 e. The van der Waals surface area contributed by atoms with Crippen LogP contribution in [0.5, 0.6) is 0 Å². The van der Waals surface area contributed by atoms with Crippen molar-refractivity contribution < 1.29 is 41.4 Å². The van der Waals surface area contributed by atoms with Crippen molar-refractivity contribution in [3.8, 4) is 0 Å². The van der Waals surface area contributed by atoms with Gasteiger partial charge in [-0.3, -0.25) is 4.72 Å². The second-order valence-corrected chi connectivity index (χ2v) is 11.7. The number of nitrogens with zero attached hydrogens (tertiary/aromatic N) is 2. The number of benzene rings is 3. The fourth-order valence-electron chi connectivity index (χ4n) is 4.34. The lowest BCUT2D eigenvalue weighted by molar-refractivity contribution is -0.192. The molecule has 1 saturated heterocycles. The monoisotopic (exact) mass is 607 g/mol. The van der Waals surface area contributed by atoms with Crippen molar-refractivity contribution in [3.63, 3.8) is 0 Å². The van der Waals surface area contributed by atoms with Crippen LogP contribution in [0.4, 0.5) is 30.2 Å². The first-order valence-corrected chi connectivity index (χ1v) is 14.5. The minimum atomic E-state index is -5.08. The summed E-state index contributed by atoms with van der Waals surface area (Å²) in [5, 5.41) is 16.9. The molecule has 9 nitrogen and oxygen atoms in total. The Balaban J connectivity index is 0.000000616. The van der Waals surface area contributed by atoms with E-state index in [1.165, 1.54) is 11.8 Å². The Labute approximate surface area is 242 Å². The van der Waals surface area contributed by atoms with Crippen LogP contribution < -0.4 is 14.5 Å². The van der Waals surface area contributed by atoms with Crippen LogP contribution in [0.1, 0.15) is 29.8 Å². The molecule has 0 unspecified atom stereocenters. The summed E-state index contributed by atoms with van der Waals surface area (Å²) in [6.45, 7) is 7.31. The Hall–Kier alpha value is -4.26. The summed E-state index contributed by atoms with van der Waals surface area (Å²) < 4.78 is 60.1. The second kappa shape index (κ2) is 13.6. The van der Waals surface area contributed by atoms with Gasteiger partial charge in [0.25, 0.3) is 10.0 Å². The summed E-state index contributed by atoms with van der Waals surface area (Å²) in [6.07, 6.45) is -4.22. The van der Waals surface area contributed by atoms with Gasteiger partial charge in [0, 0.05) is 37.6 Å². The van der Waals surface area contributed by atoms with E-state index in [-0.39, 0.29) is 16.1 Å². The van der Waals surface area contributed by atoms with Gasteiger partial charge in [0.2, 0.25) is 0 Å². The van der Waals surface area contributed by atoms with Crippen LogP contribution >= 0.6 is 0 Å². The van der Waals surface area contributed by atoms with Crippen LogP contribution in [0, 0.1) is 5.92 Å². The molecule has 42 heavy (non-hydrogen) atoms. The fraction of sp³-hybridized carbons (Fsp3) is 0.310. The summed E-state index contributed by atoms with van der Waals surface area (Å²) in [5.74, 6) is -3.47. The molecule has 1 fully saturated rings. The molecule has 0 spiro atoms. The van der Waals surface area contributed by atoms with E-state index >= 15 is 0 Å². The van der Waals surface area contributed by atoms with Crippen LogP contribution in [0.15, 0.2) is 77.7 Å². The number of piperazine rings is 1. The van der Waals surface area contributed by atoms with Crippen LogP contribution in [0.25, 0.3) is 0 Å². The van der Waals surface area contributed by atoms with Gasteiger partial charge in [-0.25, -0.2) is 18.0 Å². The molecule has 0 saturated carbocycles. The number of aliphatic carboxylic acids is 1. The normalized spacial score (nSPS) is 13.8. The molecule has 0 aliphatic carbocycles. The molecule has 3 aromatic rings. The van der Waals surface area contributed by atoms with Gasteiger partial charge in [0.15, 0.2) is 0 Å². The molecule has 0 aromatic heterocycles. The van der Waals surface area contributed by atoms with Gasteiger partial charge >= 0.3 is 18.1 Å². The third-order valence-electron chi connectivity index (χ3n) is 6.36. The van der Waals surface area contributed by atoms with Gasteiger partial charge < -0.3 is 20.0 Å². The van der Waals surface area contributed by atoms with Crippen LogP contribution in [-0.2, 0) is 21.2 Å². The summed E-state index contributed by atoms with van der Waals surface area (Å²) in [4.78, 5) is 25.4. The first-order chi connectivity index (χ1) is 19.7. The summed E-state index contributed by atoms with van der Waals surface area (Å²) in [6, 6.07) is 21.7. The minimum absolute atomic E-state index is 0.0513. The summed E-state index contributed by atoms with van der Waals surface area (Å²) in [5.41, 5.74) is 2.96. The SMILES string of the molecule is CC(C)Cc1ccc(S(=O)(=O)Nc2ccc(N3CCN(c4ccccc4)CC3)cc2C(=O)O)cc1.O=C(O)C(F)(F)F. The Morgan fingerprint density at radius 1 is 0.857 bits per heavy atom. The number of halogens is 3. The molecule has 13 heteroatoms. The lowest BCUT2D eigenvalue weighted by Gasteiger charge is -2.37. The first-order valence-electron chi connectivity index (χ1n) is 13.0. The van der Waals surface area contributed by atoms with Gasteiger partial charge in [0.1, 0.15) is 0 Å². The number of aromatic carboxylic acids is 1. The molecule has 4 rings (SSSR count). The van der Waals surface area contributed by atoms with Crippen molar-refractivity contribution in [3.05, 3.63) is 83.9 Å². The predicted molar refractivity (Wildman–Crippen MR) is 154 cm³/mol. The number of sulfonamides is 1. The Morgan fingerprint density at radius 2 is 1.38 bits per heavy atom. The van der Waals surface area contributed by atoms with Crippen molar-refractivity contribution in [2.75, 3.05) is 40.7 Å². The minimum Gasteiger partial charge on any atom is -0.478 e. The zero-order valence-corrected chi connectivity index (χ0v) is 23.8. The molecule has 1 aliphatic rings. The van der Waals surface area contributed by atoms with E-state index in [9.17, 15) is 31.5 Å². The van der Waals surface area contributed by atoms with E-state index in [0.29, 0.717) is 5.92 Å². The largest absolute Gasteiger partial charge is 0.490 e. The lowest BCUT2D eigenvalue weighted by Crippen LogP contribution is -2.46.